The van der Waals surface area contributed by atoms with Crippen LogP contribution in [-0.4, -0.2) is 29.7 Å². The number of nitrogens with zero attached hydrogens (tertiary/aromatic N) is 2. The first-order valence-corrected chi connectivity index (χ1v) is 9.34. The van der Waals surface area contributed by atoms with Crippen LogP contribution in [0.2, 0.25) is 0 Å². The number of carbonyl (C=O) groups excluding carboxylic acids is 1. The Labute approximate surface area is 159 Å². The number of benzene rings is 2. The third-order valence-electron chi connectivity index (χ3n) is 3.77. The lowest BCUT2D eigenvalue weighted by Gasteiger charge is -2.08. The van der Waals surface area contributed by atoms with Gasteiger partial charge in [-0.05, 0) is 48.5 Å². The number of primary sulfonamides is 1. The molecule has 2 aromatic carbocycles. The molecular formula is C17H15FN4O5S. The molecule has 11 heteroatoms. The Balaban J connectivity index is 2.08. The van der Waals surface area contributed by atoms with Crippen molar-refractivity contribution in [3.63, 3.8) is 0 Å². The number of nitrogens with two attached hydrogens (primary N) is 2. The van der Waals surface area contributed by atoms with Gasteiger partial charge in [0.25, 0.3) is 0 Å². The second kappa shape index (κ2) is 7.38. The number of primary amides is 1. The summed E-state index contributed by atoms with van der Waals surface area (Å²) in [7, 11) is -3.87. The Hall–Kier alpha value is -3.28. The Morgan fingerprint density at radius 3 is 2.21 bits per heavy atom. The number of hydroxylamine groups is 2. The molecule has 5 N–H and O–H groups in total. The monoisotopic (exact) mass is 406 g/mol. The standard InChI is InChI=1S/C17H15FN4O5S/c18-12-5-1-10(2-6-12)15-16(27-14(21-15)9-22(24)17(19)23)11-3-7-13(8-4-11)28(20,25)26/h1-8,24H,9H2,(H2,19,23)(H2,20,25,26). The first-order valence-electron chi connectivity index (χ1n) is 7.80. The first kappa shape index (κ1) is 19.5. The fraction of sp³-hybridized carbons (Fsp3) is 0.0588. The maximum Gasteiger partial charge on any atom is 0.339 e. The van der Waals surface area contributed by atoms with Gasteiger partial charge in [0.2, 0.25) is 15.9 Å². The highest BCUT2D eigenvalue weighted by atomic mass is 32.2. The van der Waals surface area contributed by atoms with Crippen molar-refractivity contribution in [3.8, 4) is 22.6 Å². The lowest BCUT2D eigenvalue weighted by Crippen LogP contribution is -2.32. The molecule has 0 atom stereocenters. The molecule has 9 nitrogen and oxygen atoms in total. The largest absolute Gasteiger partial charge is 0.438 e. The van der Waals surface area contributed by atoms with E-state index in [9.17, 15) is 22.8 Å². The Bertz CT molecular complexity index is 1110. The molecule has 1 heterocycles. The fourth-order valence-electron chi connectivity index (χ4n) is 2.43. The highest BCUT2D eigenvalue weighted by Crippen LogP contribution is 2.33. The van der Waals surface area contributed by atoms with Gasteiger partial charge in [0.1, 0.15) is 18.1 Å². The molecule has 146 valence electrons. The Morgan fingerprint density at radius 2 is 1.68 bits per heavy atom. The van der Waals surface area contributed by atoms with Crippen molar-refractivity contribution in [2.45, 2.75) is 11.4 Å². The second-order valence-electron chi connectivity index (χ2n) is 5.76. The van der Waals surface area contributed by atoms with Crippen molar-refractivity contribution < 1.29 is 27.2 Å². The van der Waals surface area contributed by atoms with Crippen LogP contribution in [0.3, 0.4) is 0 Å². The van der Waals surface area contributed by atoms with Gasteiger partial charge in [-0.25, -0.2) is 27.7 Å². The van der Waals surface area contributed by atoms with Crippen molar-refractivity contribution in [1.29, 1.82) is 0 Å². The number of hydrogen-bond acceptors (Lipinski definition) is 6. The van der Waals surface area contributed by atoms with Gasteiger partial charge >= 0.3 is 6.03 Å². The number of carbonyl (C=O) groups is 1. The summed E-state index contributed by atoms with van der Waals surface area (Å²) >= 11 is 0. The lowest BCUT2D eigenvalue weighted by atomic mass is 10.1. The van der Waals surface area contributed by atoms with Crippen molar-refractivity contribution in [2.75, 3.05) is 0 Å². The molecule has 0 radical (unpaired) electrons. The van der Waals surface area contributed by atoms with Gasteiger partial charge < -0.3 is 10.2 Å². The number of sulfonamides is 1. The van der Waals surface area contributed by atoms with Crippen molar-refractivity contribution in [2.24, 2.45) is 10.9 Å². The van der Waals surface area contributed by atoms with Crippen LogP contribution in [0.15, 0.2) is 57.8 Å². The summed E-state index contributed by atoms with van der Waals surface area (Å²) in [5, 5.41) is 14.8. The predicted molar refractivity (Wildman–Crippen MR) is 95.6 cm³/mol. The molecule has 2 amide bonds. The molecule has 0 aliphatic heterocycles. The minimum Gasteiger partial charge on any atom is -0.438 e. The van der Waals surface area contributed by atoms with Crippen LogP contribution in [0.5, 0.6) is 0 Å². The molecule has 0 spiro atoms. The van der Waals surface area contributed by atoms with Crippen molar-refractivity contribution >= 4 is 16.1 Å². The lowest BCUT2D eigenvalue weighted by molar-refractivity contribution is -0.0523. The van der Waals surface area contributed by atoms with Crippen LogP contribution in [-0.2, 0) is 16.6 Å². The highest BCUT2D eigenvalue weighted by molar-refractivity contribution is 7.89. The van der Waals surface area contributed by atoms with Gasteiger partial charge in [0, 0.05) is 11.1 Å². The van der Waals surface area contributed by atoms with E-state index < -0.39 is 28.4 Å². The van der Waals surface area contributed by atoms with E-state index in [2.05, 4.69) is 4.98 Å². The number of rotatable bonds is 5. The zero-order chi connectivity index (χ0) is 20.5. The number of halogens is 1. The Kier molecular flexibility index (Phi) is 5.14. The van der Waals surface area contributed by atoms with E-state index in [1.165, 1.54) is 48.5 Å². The minimum atomic E-state index is -3.87. The molecule has 0 aliphatic carbocycles. The van der Waals surface area contributed by atoms with E-state index in [0.717, 1.165) is 0 Å². The predicted octanol–water partition coefficient (Wildman–Crippen LogP) is 2.07. The zero-order valence-electron chi connectivity index (χ0n) is 14.2. The van der Waals surface area contributed by atoms with Crippen LogP contribution in [0, 0.1) is 5.82 Å². The van der Waals surface area contributed by atoms with Crippen LogP contribution < -0.4 is 10.9 Å². The molecule has 0 fully saturated rings. The fourth-order valence-corrected chi connectivity index (χ4v) is 2.95. The van der Waals surface area contributed by atoms with Crippen LogP contribution in [0.1, 0.15) is 5.89 Å². The Morgan fingerprint density at radius 1 is 1.11 bits per heavy atom. The summed E-state index contributed by atoms with van der Waals surface area (Å²) in [6.45, 7) is -0.418. The molecule has 0 bridgehead atoms. The molecule has 0 saturated carbocycles. The van der Waals surface area contributed by atoms with E-state index in [-0.39, 0.29) is 21.6 Å². The van der Waals surface area contributed by atoms with E-state index in [1.807, 2.05) is 0 Å². The van der Waals surface area contributed by atoms with E-state index in [0.29, 0.717) is 16.8 Å². The summed E-state index contributed by atoms with van der Waals surface area (Å²) in [6.07, 6.45) is 0. The number of urea groups is 1. The van der Waals surface area contributed by atoms with E-state index in [1.54, 1.807) is 0 Å². The maximum absolute atomic E-state index is 13.2. The van der Waals surface area contributed by atoms with Crippen molar-refractivity contribution in [3.05, 3.63) is 60.2 Å². The summed E-state index contributed by atoms with van der Waals surface area (Å²) in [4.78, 5) is 15.2. The van der Waals surface area contributed by atoms with Gasteiger partial charge in [-0.1, -0.05) is 0 Å². The van der Waals surface area contributed by atoms with E-state index in [4.69, 9.17) is 15.3 Å². The first-order chi connectivity index (χ1) is 13.1. The van der Waals surface area contributed by atoms with Gasteiger partial charge in [0.15, 0.2) is 5.76 Å². The maximum atomic E-state index is 13.2. The number of aromatic nitrogens is 1. The topological polar surface area (TPSA) is 153 Å². The normalized spacial score (nSPS) is 11.4. The van der Waals surface area contributed by atoms with E-state index >= 15 is 0 Å². The zero-order valence-corrected chi connectivity index (χ0v) is 15.1. The smallest absolute Gasteiger partial charge is 0.339 e. The molecule has 1 aromatic heterocycles. The van der Waals surface area contributed by atoms with Gasteiger partial charge in [-0.15, -0.1) is 0 Å². The second-order valence-corrected chi connectivity index (χ2v) is 7.32. The third kappa shape index (κ3) is 4.17. The quantitative estimate of drug-likeness (QED) is 0.435. The molecule has 3 rings (SSSR count). The summed E-state index contributed by atoms with van der Waals surface area (Å²) in [5.74, 6) is -0.256. The third-order valence-corrected chi connectivity index (χ3v) is 4.70. The number of amides is 2. The summed E-state index contributed by atoms with van der Waals surface area (Å²) in [6, 6.07) is 9.84. The molecular weight excluding hydrogens is 391 g/mol. The number of oxazole rings is 1. The molecule has 0 aliphatic rings. The number of hydrogen-bond donors (Lipinski definition) is 3. The molecule has 28 heavy (non-hydrogen) atoms. The molecule has 0 saturated heterocycles. The van der Waals surface area contributed by atoms with Crippen molar-refractivity contribution in [1.82, 2.24) is 10.0 Å². The van der Waals surface area contributed by atoms with Crippen LogP contribution in [0.25, 0.3) is 22.6 Å². The average Bonchev–Trinajstić information content (AvgIpc) is 3.05. The summed E-state index contributed by atoms with van der Waals surface area (Å²) < 4.78 is 41.7. The molecule has 0 unspecified atom stereocenters. The highest BCUT2D eigenvalue weighted by Gasteiger charge is 2.20. The van der Waals surface area contributed by atoms with Crippen LogP contribution >= 0.6 is 0 Å². The molecule has 3 aromatic rings. The minimum absolute atomic E-state index is 0.0360. The average molecular weight is 406 g/mol. The van der Waals surface area contributed by atoms with Crippen LogP contribution in [0.4, 0.5) is 9.18 Å². The van der Waals surface area contributed by atoms with Gasteiger partial charge in [-0.2, -0.15) is 5.06 Å². The van der Waals surface area contributed by atoms with Gasteiger partial charge in [-0.3, -0.25) is 5.21 Å². The summed E-state index contributed by atoms with van der Waals surface area (Å²) in [5.41, 5.74) is 6.24. The SMILES string of the molecule is NC(=O)N(O)Cc1nc(-c2ccc(F)cc2)c(-c2ccc(S(N)(=O)=O)cc2)o1. The van der Waals surface area contributed by atoms with Gasteiger partial charge in [0.05, 0.1) is 4.90 Å².